The summed E-state index contributed by atoms with van der Waals surface area (Å²) in [6.45, 7) is 2.00. The monoisotopic (exact) mass is 370 g/mol. The molecule has 0 saturated carbocycles. The minimum absolute atomic E-state index is 0.0320. The second-order valence-electron chi connectivity index (χ2n) is 6.04. The Kier molecular flexibility index (Phi) is 4.96. The van der Waals surface area contributed by atoms with Gasteiger partial charge in [-0.15, -0.1) is 0 Å². The van der Waals surface area contributed by atoms with Crippen molar-refractivity contribution in [1.82, 2.24) is 0 Å². The van der Waals surface area contributed by atoms with Crippen LogP contribution in [0.4, 0.5) is 10.1 Å². The van der Waals surface area contributed by atoms with Crippen molar-refractivity contribution < 1.29 is 17.6 Å². The van der Waals surface area contributed by atoms with Crippen LogP contribution in [-0.4, -0.2) is 42.3 Å². The first-order chi connectivity index (χ1) is 11.4. The number of nitrogens with zero attached hydrogens (tertiary/aromatic N) is 2. The average molecular weight is 370 g/mol. The number of sulfone groups is 1. The molecule has 0 bridgehead atoms. The number of amides is 1. The van der Waals surface area contributed by atoms with Crippen molar-refractivity contribution in [1.29, 1.82) is 0 Å². The van der Waals surface area contributed by atoms with E-state index < -0.39 is 9.84 Å². The maximum Gasteiger partial charge on any atom is 0.248 e. The topological polar surface area (TPSA) is 66.8 Å². The van der Waals surface area contributed by atoms with Gasteiger partial charge in [0.05, 0.1) is 17.5 Å². The third-order valence-electron chi connectivity index (χ3n) is 4.14. The lowest BCUT2D eigenvalue weighted by Gasteiger charge is -2.24. The third-order valence-corrected chi connectivity index (χ3v) is 7.35. The molecule has 2 heterocycles. The molecular formula is C16H19FN2O3S2. The van der Waals surface area contributed by atoms with Gasteiger partial charge in [0.15, 0.2) is 15.0 Å². The van der Waals surface area contributed by atoms with Gasteiger partial charge in [0.25, 0.3) is 0 Å². The molecule has 0 radical (unpaired) electrons. The number of benzene rings is 1. The molecule has 1 amide bonds. The van der Waals surface area contributed by atoms with Gasteiger partial charge in [-0.05, 0) is 30.7 Å². The van der Waals surface area contributed by atoms with E-state index in [1.165, 1.54) is 23.9 Å². The van der Waals surface area contributed by atoms with Crippen LogP contribution in [0.25, 0.3) is 0 Å². The Bertz CT molecular complexity index is 762. The van der Waals surface area contributed by atoms with Crippen LogP contribution in [0.1, 0.15) is 26.2 Å². The van der Waals surface area contributed by atoms with Gasteiger partial charge >= 0.3 is 0 Å². The Hall–Kier alpha value is -1.41. The molecule has 2 atom stereocenters. The minimum Gasteiger partial charge on any atom is -0.316 e. The Labute approximate surface area is 145 Å². The van der Waals surface area contributed by atoms with E-state index in [1.54, 1.807) is 17.0 Å². The molecule has 2 unspecified atom stereocenters. The highest BCUT2D eigenvalue weighted by molar-refractivity contribution is 8.16. The van der Waals surface area contributed by atoms with Crippen LogP contribution in [0.5, 0.6) is 0 Å². The standard InChI is InChI=1S/C16H19FN2O3S2/c1-2-3-4-15(20)18-16-19(12-7-5-11(17)6-8-12)13-9-24(21,22)10-14(13)23-16/h5-8,13-14H,2-4,9-10H2,1H3. The summed E-state index contributed by atoms with van der Waals surface area (Å²) in [6.07, 6.45) is 2.07. The number of hydrogen-bond acceptors (Lipinski definition) is 4. The highest BCUT2D eigenvalue weighted by Gasteiger charge is 2.49. The number of fused-ring (bicyclic) bond motifs is 1. The summed E-state index contributed by atoms with van der Waals surface area (Å²) in [5.41, 5.74) is 0.663. The summed E-state index contributed by atoms with van der Waals surface area (Å²) in [5.74, 6) is -0.445. The van der Waals surface area contributed by atoms with Gasteiger partial charge in [-0.2, -0.15) is 4.99 Å². The Morgan fingerprint density at radius 3 is 2.71 bits per heavy atom. The lowest BCUT2D eigenvalue weighted by atomic mass is 10.2. The van der Waals surface area contributed by atoms with E-state index in [4.69, 9.17) is 0 Å². The Morgan fingerprint density at radius 2 is 2.04 bits per heavy atom. The van der Waals surface area contributed by atoms with Crippen molar-refractivity contribution >= 4 is 38.4 Å². The van der Waals surface area contributed by atoms with E-state index in [-0.39, 0.29) is 34.5 Å². The first kappa shape index (κ1) is 17.4. The maximum atomic E-state index is 13.2. The number of unbranched alkanes of at least 4 members (excludes halogenated alkanes) is 1. The number of hydrogen-bond donors (Lipinski definition) is 0. The molecule has 0 spiro atoms. The van der Waals surface area contributed by atoms with E-state index in [0.29, 0.717) is 17.3 Å². The Balaban J connectivity index is 1.92. The van der Waals surface area contributed by atoms with Gasteiger partial charge in [-0.3, -0.25) is 4.79 Å². The molecule has 1 aromatic rings. The zero-order chi connectivity index (χ0) is 17.3. The van der Waals surface area contributed by atoms with E-state index in [2.05, 4.69) is 4.99 Å². The Morgan fingerprint density at radius 1 is 1.33 bits per heavy atom. The molecule has 0 aromatic heterocycles. The molecule has 2 aliphatic heterocycles. The number of halogens is 1. The van der Waals surface area contributed by atoms with Crippen molar-refractivity contribution in [3.05, 3.63) is 30.1 Å². The second kappa shape index (κ2) is 6.84. The highest BCUT2D eigenvalue weighted by atomic mass is 32.2. The number of carbonyl (C=O) groups is 1. The lowest BCUT2D eigenvalue weighted by molar-refractivity contribution is -0.117. The predicted molar refractivity (Wildman–Crippen MR) is 94.7 cm³/mol. The molecule has 3 rings (SSSR count). The van der Waals surface area contributed by atoms with Crippen molar-refractivity contribution in [3.63, 3.8) is 0 Å². The van der Waals surface area contributed by atoms with Crippen molar-refractivity contribution in [2.75, 3.05) is 16.4 Å². The number of anilines is 1. The normalized spacial score (nSPS) is 26.8. The molecule has 8 heteroatoms. The fraction of sp³-hybridized carbons (Fsp3) is 0.500. The summed E-state index contributed by atoms with van der Waals surface area (Å²) >= 11 is 1.33. The summed E-state index contributed by atoms with van der Waals surface area (Å²) in [6, 6.07) is 5.58. The first-order valence-electron chi connectivity index (χ1n) is 7.93. The summed E-state index contributed by atoms with van der Waals surface area (Å²) in [4.78, 5) is 18.0. The second-order valence-corrected chi connectivity index (χ2v) is 9.40. The molecule has 0 N–H and O–H groups in total. The maximum absolute atomic E-state index is 13.2. The van der Waals surface area contributed by atoms with Gasteiger partial charge in [0.2, 0.25) is 5.91 Å². The third kappa shape index (κ3) is 3.64. The van der Waals surface area contributed by atoms with Gasteiger partial charge in [-0.25, -0.2) is 12.8 Å². The van der Waals surface area contributed by atoms with Gasteiger partial charge in [0.1, 0.15) is 5.82 Å². The molecule has 2 saturated heterocycles. The molecule has 130 valence electrons. The van der Waals surface area contributed by atoms with E-state index in [1.807, 2.05) is 6.92 Å². The van der Waals surface area contributed by atoms with Crippen molar-refractivity contribution in [2.45, 2.75) is 37.5 Å². The number of aliphatic imine (C=N–C) groups is 1. The van der Waals surface area contributed by atoms with Crippen LogP contribution in [0.2, 0.25) is 0 Å². The quantitative estimate of drug-likeness (QED) is 0.815. The SMILES string of the molecule is CCCCC(=O)N=C1SC2CS(=O)(=O)CC2N1c1ccc(F)cc1. The summed E-state index contributed by atoms with van der Waals surface area (Å²) in [5, 5.41) is 0.380. The van der Waals surface area contributed by atoms with Crippen LogP contribution >= 0.6 is 11.8 Å². The molecule has 5 nitrogen and oxygen atoms in total. The first-order valence-corrected chi connectivity index (χ1v) is 10.6. The van der Waals surface area contributed by atoms with Crippen LogP contribution in [-0.2, 0) is 14.6 Å². The van der Waals surface area contributed by atoms with Gasteiger partial charge in [-0.1, -0.05) is 25.1 Å². The fourth-order valence-electron chi connectivity index (χ4n) is 2.96. The molecule has 1 aromatic carbocycles. The predicted octanol–water partition coefficient (Wildman–Crippen LogP) is 2.62. The number of rotatable bonds is 4. The molecule has 2 aliphatic rings. The smallest absolute Gasteiger partial charge is 0.248 e. The molecule has 2 fully saturated rings. The van der Waals surface area contributed by atoms with Crippen LogP contribution in [0.3, 0.4) is 0 Å². The zero-order valence-electron chi connectivity index (χ0n) is 13.3. The van der Waals surface area contributed by atoms with Gasteiger partial charge < -0.3 is 4.90 Å². The van der Waals surface area contributed by atoms with Crippen LogP contribution in [0, 0.1) is 5.82 Å². The summed E-state index contributed by atoms with van der Waals surface area (Å²) < 4.78 is 37.1. The van der Waals surface area contributed by atoms with Crippen molar-refractivity contribution in [2.24, 2.45) is 4.99 Å². The molecule has 0 aliphatic carbocycles. The average Bonchev–Trinajstić information content (AvgIpc) is 2.97. The number of thioether (sulfide) groups is 1. The van der Waals surface area contributed by atoms with Crippen molar-refractivity contribution in [3.8, 4) is 0 Å². The zero-order valence-corrected chi connectivity index (χ0v) is 14.9. The summed E-state index contributed by atoms with van der Waals surface area (Å²) in [7, 11) is -3.10. The van der Waals surface area contributed by atoms with E-state index in [9.17, 15) is 17.6 Å². The van der Waals surface area contributed by atoms with E-state index >= 15 is 0 Å². The fourth-order valence-corrected chi connectivity index (χ4v) is 6.89. The highest BCUT2D eigenvalue weighted by Crippen LogP contribution is 2.41. The lowest BCUT2D eigenvalue weighted by Crippen LogP contribution is -2.37. The number of amidine groups is 1. The van der Waals surface area contributed by atoms with Crippen LogP contribution < -0.4 is 4.90 Å². The van der Waals surface area contributed by atoms with E-state index in [0.717, 1.165) is 12.8 Å². The minimum atomic E-state index is -3.10. The number of carbonyl (C=O) groups excluding carboxylic acids is 1. The molecule has 24 heavy (non-hydrogen) atoms. The molecular weight excluding hydrogens is 351 g/mol. The van der Waals surface area contributed by atoms with Crippen LogP contribution in [0.15, 0.2) is 29.3 Å². The largest absolute Gasteiger partial charge is 0.316 e. The van der Waals surface area contributed by atoms with Gasteiger partial charge in [0, 0.05) is 17.4 Å².